The zero-order valence-electron chi connectivity index (χ0n) is 9.25. The third-order valence-corrected chi connectivity index (χ3v) is 1.93. The number of carboxylic acid groups (broad SMARTS) is 1. The highest BCUT2D eigenvalue weighted by molar-refractivity contribution is 5.62. The van der Waals surface area contributed by atoms with Crippen LogP contribution in [-0.2, 0) is 15.3 Å². The summed E-state index contributed by atoms with van der Waals surface area (Å²) in [4.78, 5) is 15.7. The van der Waals surface area contributed by atoms with E-state index in [2.05, 4.69) is 9.97 Å². The lowest BCUT2D eigenvalue weighted by Crippen LogP contribution is -2.26. The molecule has 17 heavy (non-hydrogen) atoms. The summed E-state index contributed by atoms with van der Waals surface area (Å²) in [5.41, 5.74) is 0. The van der Waals surface area contributed by atoms with Crippen LogP contribution in [0.1, 0.15) is 19.2 Å². The highest BCUT2D eigenvalue weighted by Gasteiger charge is 2.38. The van der Waals surface area contributed by atoms with Crippen molar-refractivity contribution in [3.63, 3.8) is 0 Å². The number of hydrogen-bond donors (Lipinski definition) is 4. The topological polar surface area (TPSA) is 116 Å². The molecule has 0 radical (unpaired) electrons. The van der Waals surface area contributed by atoms with Gasteiger partial charge in [0.05, 0.1) is 0 Å². The minimum Gasteiger partial charge on any atom is -0.481 e. The van der Waals surface area contributed by atoms with Gasteiger partial charge in [0.2, 0.25) is 0 Å². The van der Waals surface area contributed by atoms with Gasteiger partial charge in [0.1, 0.15) is 12.4 Å². The number of aliphatic hydroxyl groups is 2. The molecule has 2 heterocycles. The Hall–Kier alpha value is -1.86. The maximum atomic E-state index is 9.87. The number of aromatic nitrogens is 2. The lowest BCUT2D eigenvalue weighted by atomic mass is 10.2. The van der Waals surface area contributed by atoms with Crippen LogP contribution in [0.5, 0.6) is 0 Å². The molecule has 1 aliphatic rings. The number of aromatic amines is 1. The molecule has 0 unspecified atom stereocenters. The molecule has 0 bridgehead atoms. The molecule has 2 rings (SSSR count). The van der Waals surface area contributed by atoms with Gasteiger partial charge in [0.25, 0.3) is 11.8 Å². The van der Waals surface area contributed by atoms with Crippen LogP contribution in [0.4, 0.5) is 0 Å². The molecule has 0 saturated carbocycles. The van der Waals surface area contributed by atoms with Crippen LogP contribution < -0.4 is 0 Å². The Morgan fingerprint density at radius 2 is 2.35 bits per heavy atom. The molecule has 94 valence electrons. The van der Waals surface area contributed by atoms with Gasteiger partial charge >= 0.3 is 0 Å². The van der Waals surface area contributed by atoms with Crippen LogP contribution in [-0.4, -0.2) is 37.9 Å². The standard InChI is InChI=1S/C8H10N2O3.C2H4O2/c11-5-6-1-2-8(12,13-6)7-9-3-4-10-7;1-2(3)4/h1,3-4,11-12H,2,5H2,(H,9,10);1H3,(H,3,4)/t8-;/m0./s1. The summed E-state index contributed by atoms with van der Waals surface area (Å²) in [6.45, 7) is 0.878. The van der Waals surface area contributed by atoms with Crippen molar-refractivity contribution >= 4 is 5.97 Å². The Morgan fingerprint density at radius 1 is 1.71 bits per heavy atom. The van der Waals surface area contributed by atoms with Crippen LogP contribution in [0.25, 0.3) is 0 Å². The average Bonchev–Trinajstić information content (AvgIpc) is 2.85. The Morgan fingerprint density at radius 3 is 2.76 bits per heavy atom. The number of rotatable bonds is 2. The number of aliphatic hydroxyl groups excluding tert-OH is 1. The van der Waals surface area contributed by atoms with E-state index in [1.807, 2.05) is 0 Å². The van der Waals surface area contributed by atoms with Crippen molar-refractivity contribution in [3.8, 4) is 0 Å². The van der Waals surface area contributed by atoms with E-state index in [0.29, 0.717) is 18.0 Å². The number of carboxylic acids is 1. The first kappa shape index (κ1) is 13.2. The molecule has 1 aromatic heterocycles. The molecule has 0 amide bonds. The van der Waals surface area contributed by atoms with Crippen molar-refractivity contribution in [2.75, 3.05) is 6.61 Å². The first-order chi connectivity index (χ1) is 7.98. The zero-order chi connectivity index (χ0) is 12.9. The summed E-state index contributed by atoms with van der Waals surface area (Å²) in [6.07, 6.45) is 5.08. The molecular weight excluding hydrogens is 228 g/mol. The fourth-order valence-electron chi connectivity index (χ4n) is 1.27. The first-order valence-corrected chi connectivity index (χ1v) is 4.88. The molecule has 1 aliphatic heterocycles. The lowest BCUT2D eigenvalue weighted by Gasteiger charge is -2.20. The van der Waals surface area contributed by atoms with Gasteiger partial charge in [0, 0.05) is 25.7 Å². The van der Waals surface area contributed by atoms with E-state index in [0.717, 1.165) is 6.92 Å². The maximum absolute atomic E-state index is 9.87. The summed E-state index contributed by atoms with van der Waals surface area (Å²) in [6, 6.07) is 0. The zero-order valence-corrected chi connectivity index (χ0v) is 9.25. The van der Waals surface area contributed by atoms with Crippen LogP contribution >= 0.6 is 0 Å². The molecule has 1 atom stereocenters. The molecule has 0 spiro atoms. The molecule has 0 aromatic carbocycles. The molecule has 0 aliphatic carbocycles. The molecule has 4 N–H and O–H groups in total. The third kappa shape index (κ3) is 3.58. The van der Waals surface area contributed by atoms with Gasteiger partial charge < -0.3 is 25.0 Å². The van der Waals surface area contributed by atoms with Crippen molar-refractivity contribution in [2.45, 2.75) is 19.1 Å². The molecule has 7 nitrogen and oxygen atoms in total. The summed E-state index contributed by atoms with van der Waals surface area (Å²) < 4.78 is 5.12. The fraction of sp³-hybridized carbons (Fsp3) is 0.400. The van der Waals surface area contributed by atoms with Gasteiger partial charge in [0.15, 0.2) is 5.82 Å². The molecule has 0 saturated heterocycles. The number of nitrogens with one attached hydrogen (secondary N) is 1. The minimum absolute atomic E-state index is 0.205. The predicted molar refractivity (Wildman–Crippen MR) is 56.7 cm³/mol. The molecule has 1 aromatic rings. The van der Waals surface area contributed by atoms with Gasteiger partial charge in [-0.2, -0.15) is 0 Å². The van der Waals surface area contributed by atoms with Gasteiger partial charge in [-0.3, -0.25) is 4.79 Å². The van der Waals surface area contributed by atoms with E-state index in [4.69, 9.17) is 19.7 Å². The quantitative estimate of drug-likeness (QED) is 0.577. The Kier molecular flexibility index (Phi) is 4.24. The number of aliphatic carboxylic acids is 1. The lowest BCUT2D eigenvalue weighted by molar-refractivity contribution is -0.177. The van der Waals surface area contributed by atoms with Gasteiger partial charge in [-0.15, -0.1) is 0 Å². The summed E-state index contributed by atoms with van der Waals surface area (Å²) >= 11 is 0. The van der Waals surface area contributed by atoms with Gasteiger partial charge in [-0.1, -0.05) is 0 Å². The van der Waals surface area contributed by atoms with E-state index < -0.39 is 11.8 Å². The number of ether oxygens (including phenoxy) is 1. The smallest absolute Gasteiger partial charge is 0.300 e. The Bertz CT molecular complexity index is 397. The average molecular weight is 242 g/mol. The Labute approximate surface area is 97.4 Å². The van der Waals surface area contributed by atoms with E-state index >= 15 is 0 Å². The van der Waals surface area contributed by atoms with Crippen molar-refractivity contribution in [1.29, 1.82) is 0 Å². The number of carbonyl (C=O) groups is 1. The van der Waals surface area contributed by atoms with Crippen LogP contribution in [0.3, 0.4) is 0 Å². The largest absolute Gasteiger partial charge is 0.481 e. The van der Waals surface area contributed by atoms with Gasteiger partial charge in [-0.05, 0) is 6.08 Å². The molecule has 7 heteroatoms. The van der Waals surface area contributed by atoms with Crippen LogP contribution in [0.2, 0.25) is 0 Å². The molecular formula is C10H14N2O5. The van der Waals surface area contributed by atoms with Gasteiger partial charge in [-0.25, -0.2) is 4.98 Å². The second kappa shape index (κ2) is 5.46. The normalized spacial score (nSPS) is 22.2. The number of imidazole rings is 1. The van der Waals surface area contributed by atoms with E-state index in [-0.39, 0.29) is 6.61 Å². The maximum Gasteiger partial charge on any atom is 0.300 e. The second-order valence-electron chi connectivity index (χ2n) is 3.38. The fourth-order valence-corrected chi connectivity index (χ4v) is 1.27. The van der Waals surface area contributed by atoms with Crippen LogP contribution in [0, 0.1) is 0 Å². The van der Waals surface area contributed by atoms with Crippen molar-refractivity contribution in [1.82, 2.24) is 9.97 Å². The van der Waals surface area contributed by atoms with Crippen molar-refractivity contribution in [3.05, 3.63) is 30.1 Å². The highest BCUT2D eigenvalue weighted by Crippen LogP contribution is 2.32. The minimum atomic E-state index is -1.43. The second-order valence-corrected chi connectivity index (χ2v) is 3.38. The van der Waals surface area contributed by atoms with E-state index in [9.17, 15) is 5.11 Å². The van der Waals surface area contributed by atoms with E-state index in [1.165, 1.54) is 6.20 Å². The summed E-state index contributed by atoms with van der Waals surface area (Å²) in [5.74, 6) is -1.53. The number of H-pyrrole nitrogens is 1. The third-order valence-electron chi connectivity index (χ3n) is 1.93. The highest BCUT2D eigenvalue weighted by atomic mass is 16.6. The van der Waals surface area contributed by atoms with Crippen LogP contribution in [0.15, 0.2) is 24.2 Å². The monoisotopic (exact) mass is 242 g/mol. The predicted octanol–water partition coefficient (Wildman–Crippen LogP) is -0.0578. The number of nitrogens with zero attached hydrogens (tertiary/aromatic N) is 1. The SMILES string of the molecule is CC(=O)O.OCC1=CC[C@@](O)(c2ncc[nH]2)O1. The summed E-state index contributed by atoms with van der Waals surface area (Å²) in [5, 5.41) is 26.1. The van der Waals surface area contributed by atoms with Crippen molar-refractivity contribution in [2.24, 2.45) is 0 Å². The molecule has 0 fully saturated rings. The Balaban J connectivity index is 0.000000317. The first-order valence-electron chi connectivity index (χ1n) is 4.88. The van der Waals surface area contributed by atoms with Crippen molar-refractivity contribution < 1.29 is 24.9 Å². The number of hydrogen-bond acceptors (Lipinski definition) is 5. The van der Waals surface area contributed by atoms with E-state index in [1.54, 1.807) is 12.3 Å². The summed E-state index contributed by atoms with van der Waals surface area (Å²) in [7, 11) is 0.